The predicted molar refractivity (Wildman–Crippen MR) is 89.0 cm³/mol. The Labute approximate surface area is 128 Å². The Morgan fingerprint density at radius 3 is 2.81 bits per heavy atom. The number of fused-ring (bicyclic) bond motifs is 1. The van der Waals surface area contributed by atoms with Crippen molar-refractivity contribution in [2.75, 3.05) is 5.32 Å². The van der Waals surface area contributed by atoms with Crippen molar-refractivity contribution >= 4 is 34.5 Å². The summed E-state index contributed by atoms with van der Waals surface area (Å²) in [7, 11) is 0. The maximum atomic E-state index is 11.1. The molecule has 0 bridgehead atoms. The van der Waals surface area contributed by atoms with Crippen molar-refractivity contribution in [1.82, 2.24) is 4.98 Å². The fourth-order valence-electron chi connectivity index (χ4n) is 2.37. The van der Waals surface area contributed by atoms with Gasteiger partial charge < -0.3 is 5.32 Å². The molecule has 21 heavy (non-hydrogen) atoms. The van der Waals surface area contributed by atoms with E-state index in [9.17, 15) is 4.79 Å². The first kappa shape index (κ1) is 13.6. The molecule has 0 aliphatic heterocycles. The molecule has 3 nitrogen and oxygen atoms in total. The van der Waals surface area contributed by atoms with Gasteiger partial charge in [0.2, 0.25) is 0 Å². The van der Waals surface area contributed by atoms with E-state index in [1.807, 2.05) is 42.5 Å². The molecule has 2 aromatic carbocycles. The van der Waals surface area contributed by atoms with Crippen LogP contribution in [-0.2, 0) is 6.42 Å². The number of amides is 1. The Bertz CT molecular complexity index is 801. The number of nitrogens with zero attached hydrogens (tertiary/aromatic N) is 1. The number of carbonyl (C=O) groups is 1. The lowest BCUT2D eigenvalue weighted by Gasteiger charge is -2.10. The van der Waals surface area contributed by atoms with Crippen LogP contribution in [0.3, 0.4) is 0 Å². The molecule has 4 heteroatoms. The van der Waals surface area contributed by atoms with Crippen molar-refractivity contribution in [1.29, 1.82) is 0 Å². The van der Waals surface area contributed by atoms with Crippen LogP contribution in [-0.4, -0.2) is 10.2 Å². The lowest BCUT2D eigenvalue weighted by Crippen LogP contribution is -2.04. The standard InChI is InChI=1S/C17H14N2OS/c20-17(21)19-16-6-2-1-4-14(16)11-12-7-8-15-13(10-12)5-3-9-18-15/h1-10H,11H2,(H2,19,20,21). The summed E-state index contributed by atoms with van der Waals surface area (Å²) in [5.41, 5.74) is 4.02. The van der Waals surface area contributed by atoms with Crippen molar-refractivity contribution in [2.45, 2.75) is 6.42 Å². The van der Waals surface area contributed by atoms with Crippen LogP contribution in [0.25, 0.3) is 10.9 Å². The number of hydrogen-bond donors (Lipinski definition) is 2. The normalized spacial score (nSPS) is 10.5. The summed E-state index contributed by atoms with van der Waals surface area (Å²) in [6, 6.07) is 17.9. The summed E-state index contributed by atoms with van der Waals surface area (Å²) in [6.07, 6.45) is 2.54. The zero-order valence-electron chi connectivity index (χ0n) is 11.3. The third kappa shape index (κ3) is 3.23. The molecule has 1 N–H and O–H groups in total. The van der Waals surface area contributed by atoms with Gasteiger partial charge >= 0.3 is 0 Å². The molecule has 104 valence electrons. The van der Waals surface area contributed by atoms with Gasteiger partial charge in [-0.05, 0) is 41.8 Å². The zero-order chi connectivity index (χ0) is 14.7. The third-order valence-electron chi connectivity index (χ3n) is 3.32. The Morgan fingerprint density at radius 1 is 1.10 bits per heavy atom. The average Bonchev–Trinajstić information content (AvgIpc) is 2.49. The number of anilines is 1. The minimum absolute atomic E-state index is 0.356. The fourth-order valence-corrected chi connectivity index (χ4v) is 2.49. The van der Waals surface area contributed by atoms with Crippen LogP contribution in [0.2, 0.25) is 0 Å². The van der Waals surface area contributed by atoms with Crippen LogP contribution < -0.4 is 5.32 Å². The monoisotopic (exact) mass is 294 g/mol. The molecule has 0 fully saturated rings. The van der Waals surface area contributed by atoms with Crippen LogP contribution in [0, 0.1) is 0 Å². The number of para-hydroxylation sites is 1. The van der Waals surface area contributed by atoms with E-state index in [1.54, 1.807) is 6.20 Å². The van der Waals surface area contributed by atoms with E-state index in [0.29, 0.717) is 0 Å². The highest BCUT2D eigenvalue weighted by molar-refractivity contribution is 7.96. The largest absolute Gasteiger partial charge is 0.317 e. The van der Waals surface area contributed by atoms with Crippen molar-refractivity contribution in [2.24, 2.45) is 0 Å². The summed E-state index contributed by atoms with van der Waals surface area (Å²) in [5.74, 6) is 0. The predicted octanol–water partition coefficient (Wildman–Crippen LogP) is 4.29. The number of benzene rings is 2. The van der Waals surface area contributed by atoms with Gasteiger partial charge in [0.25, 0.3) is 5.24 Å². The number of rotatable bonds is 3. The number of hydrogen-bond acceptors (Lipinski definition) is 2. The summed E-state index contributed by atoms with van der Waals surface area (Å²) in [6.45, 7) is 0. The molecule has 1 aromatic heterocycles. The Hall–Kier alpha value is -2.33. The van der Waals surface area contributed by atoms with E-state index in [1.165, 1.54) is 5.56 Å². The molecule has 3 aromatic rings. The first-order chi connectivity index (χ1) is 10.2. The molecular weight excluding hydrogens is 280 g/mol. The maximum Gasteiger partial charge on any atom is 0.280 e. The second-order valence-electron chi connectivity index (χ2n) is 4.79. The van der Waals surface area contributed by atoms with Crippen LogP contribution >= 0.6 is 12.6 Å². The highest BCUT2D eigenvalue weighted by Crippen LogP contribution is 2.21. The second-order valence-corrected chi connectivity index (χ2v) is 5.20. The molecule has 0 saturated carbocycles. The molecule has 0 aliphatic carbocycles. The van der Waals surface area contributed by atoms with Crippen LogP contribution in [0.5, 0.6) is 0 Å². The summed E-state index contributed by atoms with van der Waals surface area (Å²) >= 11 is 3.77. The molecule has 1 amide bonds. The van der Waals surface area contributed by atoms with E-state index in [0.717, 1.165) is 28.6 Å². The quantitative estimate of drug-likeness (QED) is 0.708. The fraction of sp³-hybridized carbons (Fsp3) is 0.0588. The maximum absolute atomic E-state index is 11.1. The number of pyridine rings is 1. The zero-order valence-corrected chi connectivity index (χ0v) is 12.2. The highest BCUT2D eigenvalue weighted by Gasteiger charge is 2.05. The van der Waals surface area contributed by atoms with E-state index < -0.39 is 0 Å². The summed E-state index contributed by atoms with van der Waals surface area (Å²) < 4.78 is 0. The Kier molecular flexibility index (Phi) is 3.88. The van der Waals surface area contributed by atoms with Gasteiger partial charge in [-0.3, -0.25) is 9.78 Å². The van der Waals surface area contributed by atoms with E-state index >= 15 is 0 Å². The number of carbonyl (C=O) groups excluding carboxylic acids is 1. The molecule has 0 radical (unpaired) electrons. The molecule has 0 spiro atoms. The van der Waals surface area contributed by atoms with Gasteiger partial charge in [-0.1, -0.05) is 43.0 Å². The average molecular weight is 294 g/mol. The lowest BCUT2D eigenvalue weighted by molar-refractivity contribution is 0.270. The van der Waals surface area contributed by atoms with Crippen LogP contribution in [0.1, 0.15) is 11.1 Å². The molecule has 3 rings (SSSR count). The molecule has 0 unspecified atom stereocenters. The van der Waals surface area contributed by atoms with E-state index in [2.05, 4.69) is 35.1 Å². The summed E-state index contributed by atoms with van der Waals surface area (Å²) in [5, 5.41) is 3.50. The minimum atomic E-state index is -0.356. The van der Waals surface area contributed by atoms with Crippen molar-refractivity contribution in [3.63, 3.8) is 0 Å². The van der Waals surface area contributed by atoms with Gasteiger partial charge in [0.1, 0.15) is 0 Å². The van der Waals surface area contributed by atoms with Gasteiger partial charge in [-0.25, -0.2) is 0 Å². The van der Waals surface area contributed by atoms with Crippen molar-refractivity contribution in [3.05, 3.63) is 71.9 Å². The lowest BCUT2D eigenvalue weighted by atomic mass is 10.0. The SMILES string of the molecule is O=C(S)Nc1ccccc1Cc1ccc2ncccc2c1. The van der Waals surface area contributed by atoms with Gasteiger partial charge in [0.05, 0.1) is 5.52 Å². The minimum Gasteiger partial charge on any atom is -0.317 e. The van der Waals surface area contributed by atoms with Gasteiger partial charge in [0.15, 0.2) is 0 Å². The van der Waals surface area contributed by atoms with Crippen LogP contribution in [0.4, 0.5) is 10.5 Å². The number of aromatic nitrogens is 1. The first-order valence-electron chi connectivity index (χ1n) is 6.64. The van der Waals surface area contributed by atoms with Crippen LogP contribution in [0.15, 0.2) is 60.8 Å². The molecular formula is C17H14N2OS. The molecule has 0 aliphatic rings. The Morgan fingerprint density at radius 2 is 1.95 bits per heavy atom. The molecule has 1 heterocycles. The first-order valence-corrected chi connectivity index (χ1v) is 7.08. The summed E-state index contributed by atoms with van der Waals surface area (Å²) in [4.78, 5) is 15.5. The number of thiol groups is 1. The second kappa shape index (κ2) is 5.97. The molecule has 0 atom stereocenters. The topological polar surface area (TPSA) is 42.0 Å². The third-order valence-corrected chi connectivity index (χ3v) is 3.43. The van der Waals surface area contributed by atoms with Gasteiger partial charge in [-0.2, -0.15) is 0 Å². The highest BCUT2D eigenvalue weighted by atomic mass is 32.1. The van der Waals surface area contributed by atoms with Crippen molar-refractivity contribution in [3.8, 4) is 0 Å². The van der Waals surface area contributed by atoms with E-state index in [-0.39, 0.29) is 5.24 Å². The van der Waals surface area contributed by atoms with Crippen molar-refractivity contribution < 1.29 is 4.79 Å². The number of nitrogens with one attached hydrogen (secondary N) is 1. The van der Waals surface area contributed by atoms with Gasteiger partial charge in [0, 0.05) is 17.3 Å². The smallest absolute Gasteiger partial charge is 0.280 e. The molecule has 0 saturated heterocycles. The van der Waals surface area contributed by atoms with Gasteiger partial charge in [-0.15, -0.1) is 0 Å². The van der Waals surface area contributed by atoms with E-state index in [4.69, 9.17) is 0 Å². The Balaban J connectivity index is 1.93.